The Bertz CT molecular complexity index is 1200. The number of hydrogen-bond acceptors (Lipinski definition) is 5. The number of aryl methyl sites for hydroxylation is 1. The van der Waals surface area contributed by atoms with Crippen LogP contribution in [0.25, 0.3) is 0 Å². The number of halogens is 3. The van der Waals surface area contributed by atoms with Gasteiger partial charge in [0.25, 0.3) is 0 Å². The van der Waals surface area contributed by atoms with E-state index in [1.165, 1.54) is 32.8 Å². The molecule has 1 fully saturated rings. The van der Waals surface area contributed by atoms with Gasteiger partial charge in [-0.05, 0) is 30.7 Å². The second kappa shape index (κ2) is 8.84. The molecule has 1 aliphatic heterocycles. The van der Waals surface area contributed by atoms with E-state index in [2.05, 4.69) is 12.1 Å². The van der Waals surface area contributed by atoms with Gasteiger partial charge in [-0.25, -0.2) is 13.4 Å². The molecule has 0 spiro atoms. The summed E-state index contributed by atoms with van der Waals surface area (Å²) in [5.74, 6) is 0. The number of thiazole rings is 1. The fourth-order valence-electron chi connectivity index (χ4n) is 3.66. The maximum absolute atomic E-state index is 13.0. The molecule has 2 heterocycles. The second-order valence-electron chi connectivity index (χ2n) is 7.70. The number of nitrogens with zero attached hydrogens (tertiary/aromatic N) is 3. The van der Waals surface area contributed by atoms with E-state index in [4.69, 9.17) is 4.98 Å². The number of hydrogen-bond donors (Lipinski definition) is 0. The molecule has 1 aromatic heterocycles. The van der Waals surface area contributed by atoms with Crippen LogP contribution in [-0.4, -0.2) is 43.9 Å². The van der Waals surface area contributed by atoms with Crippen LogP contribution >= 0.6 is 11.3 Å². The summed E-state index contributed by atoms with van der Waals surface area (Å²) in [7, 11) is -4.00. The molecule has 0 aliphatic carbocycles. The van der Waals surface area contributed by atoms with Gasteiger partial charge in [0.15, 0.2) is 5.13 Å². The van der Waals surface area contributed by atoms with Crippen LogP contribution in [0.5, 0.6) is 0 Å². The lowest BCUT2D eigenvalue weighted by Crippen LogP contribution is -2.48. The molecule has 0 radical (unpaired) electrons. The van der Waals surface area contributed by atoms with Crippen molar-refractivity contribution in [2.45, 2.75) is 24.4 Å². The zero-order valence-electron chi connectivity index (χ0n) is 17.3. The molecule has 5 nitrogen and oxygen atoms in total. The lowest BCUT2D eigenvalue weighted by Gasteiger charge is -2.33. The van der Waals surface area contributed by atoms with Gasteiger partial charge in [0.1, 0.15) is 0 Å². The Morgan fingerprint density at radius 3 is 2.44 bits per heavy atom. The number of benzene rings is 2. The third-order valence-electron chi connectivity index (χ3n) is 5.32. The largest absolute Gasteiger partial charge is 0.416 e. The van der Waals surface area contributed by atoms with E-state index >= 15 is 0 Å². The number of rotatable bonds is 5. The standard InChI is InChI=1S/C22H22F3N3O2S2/c1-16-4-2-5-17(12-16)13-19-15-31-21(26-19)27-8-10-28(11-9-27)32(29,30)20-7-3-6-18(14-20)22(23,24)25/h2-7,12,14-15H,8-11,13H2,1H3. The molecule has 1 saturated heterocycles. The maximum atomic E-state index is 13.0. The first-order valence-electron chi connectivity index (χ1n) is 10.1. The van der Waals surface area contributed by atoms with E-state index in [1.54, 1.807) is 0 Å². The summed E-state index contributed by atoms with van der Waals surface area (Å²) in [5.41, 5.74) is 2.35. The van der Waals surface area contributed by atoms with Gasteiger partial charge in [-0.3, -0.25) is 0 Å². The van der Waals surface area contributed by atoms with E-state index < -0.39 is 21.8 Å². The highest BCUT2D eigenvalue weighted by Gasteiger charge is 2.34. The van der Waals surface area contributed by atoms with Crippen LogP contribution in [-0.2, 0) is 22.6 Å². The van der Waals surface area contributed by atoms with E-state index in [-0.39, 0.29) is 18.0 Å². The summed E-state index contributed by atoms with van der Waals surface area (Å²) >= 11 is 1.51. The highest BCUT2D eigenvalue weighted by Crippen LogP contribution is 2.31. The number of alkyl halides is 3. The molecule has 1 aliphatic rings. The summed E-state index contributed by atoms with van der Waals surface area (Å²) in [6.07, 6.45) is -3.87. The number of aromatic nitrogens is 1. The molecule has 0 bridgehead atoms. The van der Waals surface area contributed by atoms with Crippen molar-refractivity contribution in [1.82, 2.24) is 9.29 Å². The first-order chi connectivity index (χ1) is 15.1. The van der Waals surface area contributed by atoms with E-state index in [0.29, 0.717) is 19.2 Å². The molecule has 170 valence electrons. The monoisotopic (exact) mass is 481 g/mol. The van der Waals surface area contributed by atoms with Crippen molar-refractivity contribution in [2.75, 3.05) is 31.1 Å². The van der Waals surface area contributed by atoms with Crippen molar-refractivity contribution < 1.29 is 21.6 Å². The normalized spacial score (nSPS) is 15.8. The lowest BCUT2D eigenvalue weighted by molar-refractivity contribution is -0.137. The Morgan fingerprint density at radius 1 is 1.03 bits per heavy atom. The molecule has 2 aromatic carbocycles. The quantitative estimate of drug-likeness (QED) is 0.536. The van der Waals surface area contributed by atoms with Crippen molar-refractivity contribution in [3.63, 3.8) is 0 Å². The van der Waals surface area contributed by atoms with Crippen molar-refractivity contribution >= 4 is 26.5 Å². The van der Waals surface area contributed by atoms with Crippen LogP contribution in [0.3, 0.4) is 0 Å². The zero-order chi connectivity index (χ0) is 22.9. The molecular weight excluding hydrogens is 459 g/mol. The van der Waals surface area contributed by atoms with Gasteiger partial charge in [-0.15, -0.1) is 11.3 Å². The highest BCUT2D eigenvalue weighted by molar-refractivity contribution is 7.89. The summed E-state index contributed by atoms with van der Waals surface area (Å²) in [5, 5.41) is 2.83. The van der Waals surface area contributed by atoms with Crippen LogP contribution in [0.1, 0.15) is 22.4 Å². The molecule has 0 atom stereocenters. The van der Waals surface area contributed by atoms with Crippen molar-refractivity contribution in [3.05, 3.63) is 76.3 Å². The zero-order valence-corrected chi connectivity index (χ0v) is 19.0. The average molecular weight is 482 g/mol. The summed E-state index contributed by atoms with van der Waals surface area (Å²) in [6.45, 7) is 3.27. The van der Waals surface area contributed by atoms with Crippen LogP contribution in [0.15, 0.2) is 58.8 Å². The third kappa shape index (κ3) is 4.97. The van der Waals surface area contributed by atoms with Crippen molar-refractivity contribution in [3.8, 4) is 0 Å². The molecule has 4 rings (SSSR count). The van der Waals surface area contributed by atoms with Gasteiger partial charge >= 0.3 is 6.18 Å². The van der Waals surface area contributed by atoms with Gasteiger partial charge in [0.05, 0.1) is 16.2 Å². The Labute approximate surface area is 189 Å². The Kier molecular flexibility index (Phi) is 6.28. The topological polar surface area (TPSA) is 53.5 Å². The highest BCUT2D eigenvalue weighted by atomic mass is 32.2. The number of piperazine rings is 1. The van der Waals surface area contributed by atoms with Crippen molar-refractivity contribution in [1.29, 1.82) is 0 Å². The first kappa shape index (κ1) is 22.8. The summed E-state index contributed by atoms with van der Waals surface area (Å²) in [6, 6.07) is 12.1. The molecule has 0 saturated carbocycles. The fourth-order valence-corrected chi connectivity index (χ4v) is 6.00. The minimum Gasteiger partial charge on any atom is -0.345 e. The molecule has 10 heteroatoms. The maximum Gasteiger partial charge on any atom is 0.416 e. The minimum atomic E-state index is -4.59. The van der Waals surface area contributed by atoms with Gasteiger partial charge in [-0.1, -0.05) is 35.9 Å². The van der Waals surface area contributed by atoms with E-state index in [1.807, 2.05) is 29.3 Å². The fraction of sp³-hybridized carbons (Fsp3) is 0.318. The Morgan fingerprint density at radius 2 is 1.75 bits per heavy atom. The van der Waals surface area contributed by atoms with Crippen LogP contribution in [0.2, 0.25) is 0 Å². The van der Waals surface area contributed by atoms with Crippen LogP contribution in [0, 0.1) is 6.92 Å². The van der Waals surface area contributed by atoms with Crippen LogP contribution < -0.4 is 4.90 Å². The second-order valence-corrected chi connectivity index (χ2v) is 10.5. The molecule has 0 amide bonds. The third-order valence-corrected chi connectivity index (χ3v) is 8.16. The Hall–Kier alpha value is -2.43. The number of anilines is 1. The van der Waals surface area contributed by atoms with Gasteiger partial charge in [0, 0.05) is 38.0 Å². The first-order valence-corrected chi connectivity index (χ1v) is 12.4. The summed E-state index contributed by atoms with van der Waals surface area (Å²) in [4.78, 5) is 6.37. The van der Waals surface area contributed by atoms with Gasteiger partial charge < -0.3 is 4.90 Å². The molecule has 0 N–H and O–H groups in total. The Balaban J connectivity index is 1.42. The predicted octanol–water partition coefficient (Wildman–Crippen LogP) is 4.57. The summed E-state index contributed by atoms with van der Waals surface area (Å²) < 4.78 is 65.9. The minimum absolute atomic E-state index is 0.186. The van der Waals surface area contributed by atoms with Gasteiger partial charge in [0.2, 0.25) is 10.0 Å². The van der Waals surface area contributed by atoms with E-state index in [0.717, 1.165) is 29.4 Å². The smallest absolute Gasteiger partial charge is 0.345 e. The van der Waals surface area contributed by atoms with Gasteiger partial charge in [-0.2, -0.15) is 17.5 Å². The predicted molar refractivity (Wildman–Crippen MR) is 119 cm³/mol. The lowest BCUT2D eigenvalue weighted by atomic mass is 10.1. The average Bonchev–Trinajstić information content (AvgIpc) is 3.22. The number of sulfonamides is 1. The van der Waals surface area contributed by atoms with Crippen LogP contribution in [0.4, 0.5) is 18.3 Å². The SMILES string of the molecule is Cc1cccc(Cc2csc(N3CCN(S(=O)(=O)c4cccc(C(F)(F)F)c4)CC3)n2)c1. The molecule has 32 heavy (non-hydrogen) atoms. The molecule has 3 aromatic rings. The van der Waals surface area contributed by atoms with Crippen molar-refractivity contribution in [2.24, 2.45) is 0 Å². The molecule has 0 unspecified atom stereocenters. The van der Waals surface area contributed by atoms with E-state index in [9.17, 15) is 21.6 Å². The molecular formula is C22H22F3N3O2S2.